The fourth-order valence-corrected chi connectivity index (χ4v) is 6.94. The van der Waals surface area contributed by atoms with Gasteiger partial charge in [0, 0.05) is 18.7 Å². The van der Waals surface area contributed by atoms with Gasteiger partial charge in [0.05, 0.1) is 23.2 Å². The smallest absolute Gasteiger partial charge is 0.419 e. The van der Waals surface area contributed by atoms with Crippen LogP contribution in [0, 0.1) is 19.7 Å². The van der Waals surface area contributed by atoms with Gasteiger partial charge in [-0.2, -0.15) is 13.2 Å². The van der Waals surface area contributed by atoms with Crippen LogP contribution in [0.1, 0.15) is 40.7 Å². The number of nitrogens with one attached hydrogen (secondary N) is 2. The molecule has 3 aromatic rings. The number of alkyl halides is 3. The predicted molar refractivity (Wildman–Crippen MR) is 145 cm³/mol. The van der Waals surface area contributed by atoms with E-state index in [-0.39, 0.29) is 55.4 Å². The van der Waals surface area contributed by atoms with Crippen molar-refractivity contribution in [3.05, 3.63) is 80.6 Å². The van der Waals surface area contributed by atoms with Crippen LogP contribution in [-0.4, -0.2) is 63.5 Å². The van der Waals surface area contributed by atoms with Crippen molar-refractivity contribution >= 4 is 21.8 Å². The Balaban J connectivity index is 1.28. The van der Waals surface area contributed by atoms with Crippen molar-refractivity contribution in [3.8, 4) is 11.6 Å². The average molecular weight is 610 g/mol. The molecule has 224 valence electrons. The summed E-state index contributed by atoms with van der Waals surface area (Å²) in [5, 5.41) is 12.4. The lowest BCUT2D eigenvalue weighted by Crippen LogP contribution is -2.50. The topological polar surface area (TPSA) is 137 Å². The standard InChI is InChI=1S/C27H27F4N5O5S/c1-15-11-18(36-22(37)14-32-25(36)39)12-16(2)19(15)5-10-42(40,41)35-8-6-26(7-9-35)24(38)33-23(34-26)17-3-4-21(28)20(13-17)27(29,30)31/h3-4,11-14,37H,5-10H2,1-2H3,(H,32,39)(H,33,34,38). The Hall–Kier alpha value is -3.98. The maximum absolute atomic E-state index is 13.7. The van der Waals surface area contributed by atoms with Crippen LogP contribution >= 0.6 is 0 Å². The van der Waals surface area contributed by atoms with Gasteiger partial charge in [-0.15, -0.1) is 0 Å². The minimum absolute atomic E-state index is 0.0175. The molecule has 0 radical (unpaired) electrons. The summed E-state index contributed by atoms with van der Waals surface area (Å²) in [4.78, 5) is 31.6. The Labute approximate surface area is 237 Å². The normalized spacial score (nSPS) is 17.5. The number of H-pyrrole nitrogens is 1. The van der Waals surface area contributed by atoms with E-state index in [2.05, 4.69) is 15.3 Å². The number of benzene rings is 2. The fraction of sp³-hybridized carbons (Fsp3) is 0.370. The summed E-state index contributed by atoms with van der Waals surface area (Å²) < 4.78 is 82.0. The number of piperidine rings is 1. The van der Waals surface area contributed by atoms with Gasteiger partial charge >= 0.3 is 11.9 Å². The third kappa shape index (κ3) is 5.33. The number of aromatic amines is 1. The molecular weight excluding hydrogens is 582 g/mol. The summed E-state index contributed by atoms with van der Waals surface area (Å²) in [5.41, 5.74) is -0.728. The van der Waals surface area contributed by atoms with E-state index in [9.17, 15) is 40.7 Å². The molecule has 42 heavy (non-hydrogen) atoms. The van der Waals surface area contributed by atoms with Crippen molar-refractivity contribution in [1.82, 2.24) is 19.2 Å². The van der Waals surface area contributed by atoms with E-state index in [4.69, 9.17) is 0 Å². The van der Waals surface area contributed by atoms with Crippen molar-refractivity contribution in [2.75, 3.05) is 18.8 Å². The van der Waals surface area contributed by atoms with Crippen LogP contribution in [0.3, 0.4) is 0 Å². The van der Waals surface area contributed by atoms with Gasteiger partial charge in [-0.3, -0.25) is 9.79 Å². The lowest BCUT2D eigenvalue weighted by Gasteiger charge is -2.34. The molecule has 0 unspecified atom stereocenters. The first-order valence-corrected chi connectivity index (χ1v) is 14.6. The highest BCUT2D eigenvalue weighted by atomic mass is 32.2. The maximum atomic E-state index is 13.7. The Morgan fingerprint density at radius 1 is 1.07 bits per heavy atom. The molecule has 0 atom stereocenters. The van der Waals surface area contributed by atoms with E-state index >= 15 is 0 Å². The first kappa shape index (κ1) is 29.5. The molecule has 2 aliphatic heterocycles. The van der Waals surface area contributed by atoms with Gasteiger partial charge in [0.1, 0.15) is 17.2 Å². The highest BCUT2D eigenvalue weighted by Gasteiger charge is 2.47. The van der Waals surface area contributed by atoms with Gasteiger partial charge in [0.15, 0.2) is 0 Å². The second kappa shape index (κ2) is 10.4. The van der Waals surface area contributed by atoms with Gasteiger partial charge in [-0.25, -0.2) is 26.5 Å². The van der Waals surface area contributed by atoms with E-state index < -0.39 is 44.7 Å². The lowest BCUT2D eigenvalue weighted by atomic mass is 9.89. The molecular formula is C27H27F4N5O5S. The summed E-state index contributed by atoms with van der Waals surface area (Å²) in [5.74, 6) is -2.58. The molecule has 1 aromatic heterocycles. The highest BCUT2D eigenvalue weighted by molar-refractivity contribution is 7.89. The lowest BCUT2D eigenvalue weighted by molar-refractivity contribution is -0.140. The molecule has 15 heteroatoms. The van der Waals surface area contributed by atoms with E-state index in [0.717, 1.165) is 27.3 Å². The first-order chi connectivity index (χ1) is 19.6. The number of rotatable bonds is 6. The number of imidazole rings is 1. The number of amides is 1. The first-order valence-electron chi connectivity index (χ1n) is 13.0. The molecule has 2 aliphatic rings. The minimum Gasteiger partial charge on any atom is -0.493 e. The third-order valence-corrected chi connectivity index (χ3v) is 9.65. The Morgan fingerprint density at radius 2 is 1.71 bits per heavy atom. The second-order valence-corrected chi connectivity index (χ2v) is 12.5. The van der Waals surface area contributed by atoms with Crippen molar-refractivity contribution in [2.24, 2.45) is 4.99 Å². The van der Waals surface area contributed by atoms with Crippen LogP contribution in [0.15, 0.2) is 46.3 Å². The summed E-state index contributed by atoms with van der Waals surface area (Å²) in [6.07, 6.45) is -3.52. The molecule has 1 spiro atoms. The molecule has 0 aliphatic carbocycles. The number of aryl methyl sites for hydroxylation is 2. The summed E-state index contributed by atoms with van der Waals surface area (Å²) in [6, 6.07) is 5.71. The van der Waals surface area contributed by atoms with E-state index in [1.165, 1.54) is 10.5 Å². The predicted octanol–water partition coefficient (Wildman–Crippen LogP) is 2.93. The van der Waals surface area contributed by atoms with E-state index in [0.29, 0.717) is 17.8 Å². The van der Waals surface area contributed by atoms with Crippen LogP contribution in [0.25, 0.3) is 5.69 Å². The van der Waals surface area contributed by atoms with Crippen LogP contribution in [-0.2, 0) is 27.4 Å². The molecule has 1 saturated heterocycles. The van der Waals surface area contributed by atoms with Gasteiger partial charge < -0.3 is 15.4 Å². The molecule has 2 aromatic carbocycles. The zero-order chi connectivity index (χ0) is 30.6. The largest absolute Gasteiger partial charge is 0.493 e. The average Bonchev–Trinajstić information content (AvgIpc) is 3.41. The van der Waals surface area contributed by atoms with Gasteiger partial charge in [-0.05, 0) is 80.1 Å². The van der Waals surface area contributed by atoms with Gasteiger partial charge in [0.25, 0.3) is 5.91 Å². The zero-order valence-electron chi connectivity index (χ0n) is 22.5. The monoisotopic (exact) mass is 609 g/mol. The SMILES string of the molecule is Cc1cc(-n2c(O)c[nH]c2=O)cc(C)c1CCS(=O)(=O)N1CCC2(CC1)N=C(c1ccc(F)c(C(F)(F)F)c1)NC2=O. The van der Waals surface area contributed by atoms with Gasteiger partial charge in [-0.1, -0.05) is 0 Å². The number of carbonyl (C=O) groups is 1. The Bertz CT molecular complexity index is 1750. The molecule has 3 N–H and O–H groups in total. The number of hydrogen-bond donors (Lipinski definition) is 3. The maximum Gasteiger partial charge on any atom is 0.419 e. The number of nitrogens with zero attached hydrogens (tertiary/aromatic N) is 3. The number of carbonyl (C=O) groups excluding carboxylic acids is 1. The molecule has 10 nitrogen and oxygen atoms in total. The van der Waals surface area contributed by atoms with Crippen LogP contribution < -0.4 is 11.0 Å². The Morgan fingerprint density at radius 3 is 2.29 bits per heavy atom. The summed E-state index contributed by atoms with van der Waals surface area (Å²) in [6.45, 7) is 3.53. The third-order valence-electron chi connectivity index (χ3n) is 7.77. The number of aromatic nitrogens is 2. The summed E-state index contributed by atoms with van der Waals surface area (Å²) in [7, 11) is -3.75. The quantitative estimate of drug-likeness (QED) is 0.369. The van der Waals surface area contributed by atoms with Crippen LogP contribution in [0.5, 0.6) is 5.88 Å². The number of aromatic hydroxyl groups is 1. The molecule has 1 amide bonds. The number of sulfonamides is 1. The summed E-state index contributed by atoms with van der Waals surface area (Å²) >= 11 is 0. The van der Waals surface area contributed by atoms with Crippen LogP contribution in [0.2, 0.25) is 0 Å². The highest BCUT2D eigenvalue weighted by Crippen LogP contribution is 2.35. The van der Waals surface area contributed by atoms with E-state index in [1.807, 2.05) is 0 Å². The second-order valence-electron chi connectivity index (χ2n) is 10.4. The molecule has 5 rings (SSSR count). The minimum atomic E-state index is -4.93. The van der Waals surface area contributed by atoms with Crippen molar-refractivity contribution in [3.63, 3.8) is 0 Å². The fourth-order valence-electron chi connectivity index (χ4n) is 5.48. The molecule has 0 bridgehead atoms. The van der Waals surface area contributed by atoms with Crippen molar-refractivity contribution in [2.45, 2.75) is 44.8 Å². The van der Waals surface area contributed by atoms with Crippen molar-refractivity contribution < 1.29 is 35.9 Å². The van der Waals surface area contributed by atoms with Crippen LogP contribution in [0.4, 0.5) is 17.6 Å². The zero-order valence-corrected chi connectivity index (χ0v) is 23.4. The number of halogens is 4. The van der Waals surface area contributed by atoms with Crippen molar-refractivity contribution in [1.29, 1.82) is 0 Å². The number of aliphatic imine (C=N–C) groups is 1. The number of amidine groups is 1. The van der Waals surface area contributed by atoms with Gasteiger partial charge in [0.2, 0.25) is 15.9 Å². The molecule has 1 fully saturated rings. The molecule has 0 saturated carbocycles. The van der Waals surface area contributed by atoms with E-state index in [1.54, 1.807) is 26.0 Å². The Kier molecular flexibility index (Phi) is 7.29. The number of hydrogen-bond acceptors (Lipinski definition) is 6. The molecule has 3 heterocycles.